The molecule has 1 aliphatic heterocycles. The number of nitrogens with zero attached hydrogens (tertiary/aromatic N) is 4. The summed E-state index contributed by atoms with van der Waals surface area (Å²) in [6.07, 6.45) is 0.944. The fourth-order valence-electron chi connectivity index (χ4n) is 2.97. The third kappa shape index (κ3) is 4.03. The van der Waals surface area contributed by atoms with Gasteiger partial charge in [0.1, 0.15) is 12.4 Å². The number of likely N-dealkylation sites (tertiary alicyclic amines) is 1. The molecule has 0 aliphatic carbocycles. The van der Waals surface area contributed by atoms with E-state index in [9.17, 15) is 4.79 Å². The van der Waals surface area contributed by atoms with Crippen LogP contribution < -0.4 is 10.5 Å². The number of methoxy groups -OCH3 is 1. The molecule has 8 nitrogen and oxygen atoms in total. The van der Waals surface area contributed by atoms with Crippen LogP contribution in [0, 0.1) is 12.8 Å². The van der Waals surface area contributed by atoms with Crippen LogP contribution in [0.15, 0.2) is 24.3 Å². The van der Waals surface area contributed by atoms with E-state index in [4.69, 9.17) is 15.2 Å². The van der Waals surface area contributed by atoms with Gasteiger partial charge in [-0.05, 0) is 50.1 Å². The Balaban J connectivity index is 1.70. The average molecular weight is 359 g/mol. The summed E-state index contributed by atoms with van der Waals surface area (Å²) in [4.78, 5) is 16.0. The van der Waals surface area contributed by atoms with Gasteiger partial charge in [-0.2, -0.15) is 9.90 Å². The molecule has 1 aromatic carbocycles. The third-order valence-electron chi connectivity index (χ3n) is 4.51. The number of amides is 1. The molecule has 0 radical (unpaired) electrons. The Hall–Kier alpha value is -2.45. The summed E-state index contributed by atoms with van der Waals surface area (Å²) in [6.45, 7) is 4.85. The summed E-state index contributed by atoms with van der Waals surface area (Å²) >= 11 is 0. The number of aryl methyl sites for hydroxylation is 1. The third-order valence-corrected chi connectivity index (χ3v) is 4.51. The minimum Gasteiger partial charge on any atom is -0.491 e. The van der Waals surface area contributed by atoms with Gasteiger partial charge in [0.05, 0.1) is 18.0 Å². The van der Waals surface area contributed by atoms with Gasteiger partial charge < -0.3 is 20.1 Å². The fourth-order valence-corrected chi connectivity index (χ4v) is 2.97. The quantitative estimate of drug-likeness (QED) is 0.742. The van der Waals surface area contributed by atoms with Crippen LogP contribution in [0.4, 0.5) is 0 Å². The van der Waals surface area contributed by atoms with Crippen LogP contribution in [-0.2, 0) is 4.74 Å². The van der Waals surface area contributed by atoms with E-state index >= 15 is 0 Å². The molecule has 2 heterocycles. The molecule has 1 saturated heterocycles. The Morgan fingerprint density at radius 1 is 1.27 bits per heavy atom. The van der Waals surface area contributed by atoms with E-state index in [1.807, 2.05) is 29.2 Å². The number of ether oxygens (including phenoxy) is 2. The Bertz CT molecular complexity index is 744. The van der Waals surface area contributed by atoms with E-state index in [-0.39, 0.29) is 5.91 Å². The standard InChI is InChI=1S/C18H25N5O3/c1-13-17(18(24)22-8-7-14(11-19)12-22)21-23(20-13)15-3-5-16(6-4-15)26-10-9-25-2/h3-6,14H,7-12,19H2,1-2H3. The average Bonchev–Trinajstić information content (AvgIpc) is 3.29. The number of benzene rings is 1. The first-order valence-electron chi connectivity index (χ1n) is 8.78. The van der Waals surface area contributed by atoms with Crippen molar-refractivity contribution in [3.8, 4) is 11.4 Å². The lowest BCUT2D eigenvalue weighted by Crippen LogP contribution is -2.30. The lowest BCUT2D eigenvalue weighted by atomic mass is 10.1. The lowest BCUT2D eigenvalue weighted by molar-refractivity contribution is 0.0780. The SMILES string of the molecule is COCCOc1ccc(-n2nc(C)c(C(=O)N3CCC(CN)C3)n2)cc1. The number of carbonyl (C=O) groups is 1. The van der Waals surface area contributed by atoms with Gasteiger partial charge in [0, 0.05) is 20.2 Å². The zero-order chi connectivity index (χ0) is 18.5. The highest BCUT2D eigenvalue weighted by molar-refractivity contribution is 5.93. The number of hydrogen-bond acceptors (Lipinski definition) is 6. The molecule has 1 fully saturated rings. The molecule has 3 rings (SSSR count). The van der Waals surface area contributed by atoms with E-state index in [0.29, 0.717) is 43.6 Å². The summed E-state index contributed by atoms with van der Waals surface area (Å²) in [5.74, 6) is 1.04. The second-order valence-corrected chi connectivity index (χ2v) is 6.40. The first-order chi connectivity index (χ1) is 12.6. The summed E-state index contributed by atoms with van der Waals surface area (Å²) in [7, 11) is 1.63. The van der Waals surface area contributed by atoms with Crippen molar-refractivity contribution in [3.63, 3.8) is 0 Å². The van der Waals surface area contributed by atoms with Crippen molar-refractivity contribution in [1.29, 1.82) is 0 Å². The molecule has 1 amide bonds. The number of rotatable bonds is 7. The molecule has 2 aromatic rings. The smallest absolute Gasteiger partial charge is 0.276 e. The minimum absolute atomic E-state index is 0.0794. The van der Waals surface area contributed by atoms with Gasteiger partial charge in [-0.15, -0.1) is 5.10 Å². The summed E-state index contributed by atoms with van der Waals surface area (Å²) in [5.41, 5.74) is 7.49. The molecule has 8 heteroatoms. The number of nitrogens with two attached hydrogens (primary N) is 1. The van der Waals surface area contributed by atoms with Gasteiger partial charge in [0.2, 0.25) is 0 Å². The van der Waals surface area contributed by atoms with Crippen molar-refractivity contribution < 1.29 is 14.3 Å². The van der Waals surface area contributed by atoms with E-state index in [1.165, 1.54) is 4.80 Å². The van der Waals surface area contributed by atoms with Gasteiger partial charge in [-0.3, -0.25) is 4.79 Å². The topological polar surface area (TPSA) is 95.5 Å². The zero-order valence-corrected chi connectivity index (χ0v) is 15.2. The van der Waals surface area contributed by atoms with Crippen molar-refractivity contribution in [2.24, 2.45) is 11.7 Å². The Kier molecular flexibility index (Phi) is 5.85. The van der Waals surface area contributed by atoms with Crippen LogP contribution in [0.25, 0.3) is 5.69 Å². The van der Waals surface area contributed by atoms with Crippen LogP contribution >= 0.6 is 0 Å². The van der Waals surface area contributed by atoms with Crippen molar-refractivity contribution in [3.05, 3.63) is 35.7 Å². The molecule has 26 heavy (non-hydrogen) atoms. The normalized spacial score (nSPS) is 16.9. The van der Waals surface area contributed by atoms with Crippen LogP contribution in [0.2, 0.25) is 0 Å². The van der Waals surface area contributed by atoms with E-state index in [0.717, 1.165) is 24.4 Å². The van der Waals surface area contributed by atoms with E-state index < -0.39 is 0 Å². The highest BCUT2D eigenvalue weighted by Crippen LogP contribution is 2.19. The second-order valence-electron chi connectivity index (χ2n) is 6.40. The molecule has 2 N–H and O–H groups in total. The second kappa shape index (κ2) is 8.29. The largest absolute Gasteiger partial charge is 0.491 e. The van der Waals surface area contributed by atoms with Gasteiger partial charge in [-0.1, -0.05) is 0 Å². The monoisotopic (exact) mass is 359 g/mol. The van der Waals surface area contributed by atoms with Crippen molar-refractivity contribution in [1.82, 2.24) is 19.9 Å². The molecule has 1 atom stereocenters. The van der Waals surface area contributed by atoms with Gasteiger partial charge >= 0.3 is 0 Å². The fraction of sp³-hybridized carbons (Fsp3) is 0.500. The Morgan fingerprint density at radius 2 is 2.04 bits per heavy atom. The molecule has 1 aromatic heterocycles. The summed E-state index contributed by atoms with van der Waals surface area (Å²) in [5, 5.41) is 8.79. The number of aromatic nitrogens is 3. The molecule has 1 unspecified atom stereocenters. The molecular weight excluding hydrogens is 334 g/mol. The maximum absolute atomic E-state index is 12.7. The predicted octanol–water partition coefficient (Wildman–Crippen LogP) is 1.02. The first kappa shape index (κ1) is 18.3. The van der Waals surface area contributed by atoms with Gasteiger partial charge in [0.25, 0.3) is 5.91 Å². The van der Waals surface area contributed by atoms with Crippen LogP contribution in [0.3, 0.4) is 0 Å². The van der Waals surface area contributed by atoms with Gasteiger partial charge in [0.15, 0.2) is 5.69 Å². The van der Waals surface area contributed by atoms with E-state index in [2.05, 4.69) is 10.2 Å². The molecule has 0 spiro atoms. The minimum atomic E-state index is -0.0794. The molecule has 0 bridgehead atoms. The van der Waals surface area contributed by atoms with Crippen molar-refractivity contribution in [2.75, 3.05) is 40.0 Å². The van der Waals surface area contributed by atoms with Crippen LogP contribution in [0.1, 0.15) is 22.6 Å². The first-order valence-corrected chi connectivity index (χ1v) is 8.78. The summed E-state index contributed by atoms with van der Waals surface area (Å²) in [6, 6.07) is 7.40. The Labute approximate surface area is 152 Å². The molecule has 140 valence electrons. The molecular formula is C18H25N5O3. The maximum atomic E-state index is 12.7. The highest BCUT2D eigenvalue weighted by atomic mass is 16.5. The van der Waals surface area contributed by atoms with Crippen molar-refractivity contribution >= 4 is 5.91 Å². The van der Waals surface area contributed by atoms with Crippen LogP contribution in [0.5, 0.6) is 5.75 Å². The maximum Gasteiger partial charge on any atom is 0.276 e. The molecule has 1 aliphatic rings. The van der Waals surface area contributed by atoms with Crippen LogP contribution in [-0.4, -0.2) is 65.8 Å². The van der Waals surface area contributed by atoms with Crippen molar-refractivity contribution in [2.45, 2.75) is 13.3 Å². The predicted molar refractivity (Wildman–Crippen MR) is 96.5 cm³/mol. The number of carbonyl (C=O) groups excluding carboxylic acids is 1. The van der Waals surface area contributed by atoms with Gasteiger partial charge in [-0.25, -0.2) is 0 Å². The Morgan fingerprint density at radius 3 is 2.69 bits per heavy atom. The summed E-state index contributed by atoms with van der Waals surface area (Å²) < 4.78 is 10.5. The zero-order valence-electron chi connectivity index (χ0n) is 15.2. The lowest BCUT2D eigenvalue weighted by Gasteiger charge is -2.14. The van der Waals surface area contributed by atoms with E-state index in [1.54, 1.807) is 14.0 Å². The molecule has 0 saturated carbocycles. The highest BCUT2D eigenvalue weighted by Gasteiger charge is 2.29. The number of hydrogen-bond donors (Lipinski definition) is 1.